The summed E-state index contributed by atoms with van der Waals surface area (Å²) >= 11 is 7.40. The highest BCUT2D eigenvalue weighted by Gasteiger charge is 2.15. The lowest BCUT2D eigenvalue weighted by Crippen LogP contribution is -2.04. The summed E-state index contributed by atoms with van der Waals surface area (Å²) in [6.45, 7) is 0.625. The molecule has 0 saturated heterocycles. The normalized spacial score (nSPS) is 11.0. The Hall–Kier alpha value is -1.76. The molecule has 1 aromatic carbocycles. The molecule has 0 saturated carbocycles. The van der Waals surface area contributed by atoms with E-state index in [1.54, 1.807) is 6.26 Å². The van der Waals surface area contributed by atoms with Crippen LogP contribution >= 0.6 is 23.4 Å². The van der Waals surface area contributed by atoms with Crippen LogP contribution in [0.1, 0.15) is 5.76 Å². The zero-order valence-electron chi connectivity index (χ0n) is 11.6. The number of rotatable bonds is 6. The van der Waals surface area contributed by atoms with E-state index in [0.29, 0.717) is 17.3 Å². The van der Waals surface area contributed by atoms with Crippen LogP contribution in [0.3, 0.4) is 0 Å². The Labute approximate surface area is 136 Å². The maximum atomic E-state index is 9.02. The maximum absolute atomic E-state index is 9.02. The molecule has 22 heavy (non-hydrogen) atoms. The first kappa shape index (κ1) is 15.1. The standard InChI is InChI=1S/C15H14ClN3O2S/c16-12-5-3-11(4-6-12)14-17-18-15(22-9-7-20)19(14)10-13-2-1-8-21-13/h1-6,8,20H,7,9-10H2. The van der Waals surface area contributed by atoms with Gasteiger partial charge in [-0.1, -0.05) is 23.4 Å². The van der Waals surface area contributed by atoms with Crippen molar-refractivity contribution in [2.24, 2.45) is 0 Å². The zero-order valence-corrected chi connectivity index (χ0v) is 13.2. The lowest BCUT2D eigenvalue weighted by Gasteiger charge is -2.08. The van der Waals surface area contributed by atoms with Gasteiger partial charge in [-0.2, -0.15) is 0 Å². The summed E-state index contributed by atoms with van der Waals surface area (Å²) in [5.74, 6) is 2.13. The van der Waals surface area contributed by atoms with Gasteiger partial charge in [0.2, 0.25) is 0 Å². The fourth-order valence-electron chi connectivity index (χ4n) is 2.05. The van der Waals surface area contributed by atoms with Crippen LogP contribution in [0.15, 0.2) is 52.2 Å². The van der Waals surface area contributed by atoms with Crippen molar-refractivity contribution in [1.82, 2.24) is 14.8 Å². The number of hydrogen-bond donors (Lipinski definition) is 1. The van der Waals surface area contributed by atoms with E-state index in [-0.39, 0.29) is 6.61 Å². The molecule has 0 unspecified atom stereocenters. The summed E-state index contributed by atoms with van der Waals surface area (Å²) in [6.07, 6.45) is 1.64. The summed E-state index contributed by atoms with van der Waals surface area (Å²) in [6, 6.07) is 11.2. The first-order chi connectivity index (χ1) is 10.8. The molecule has 2 aromatic heterocycles. The number of furan rings is 1. The molecule has 0 bridgehead atoms. The number of aliphatic hydroxyl groups is 1. The number of aliphatic hydroxyl groups excluding tert-OH is 1. The monoisotopic (exact) mass is 335 g/mol. The third-order valence-corrected chi connectivity index (χ3v) is 4.23. The predicted molar refractivity (Wildman–Crippen MR) is 86.1 cm³/mol. The molecule has 1 N–H and O–H groups in total. The summed E-state index contributed by atoms with van der Waals surface area (Å²) in [5, 5.41) is 18.9. The van der Waals surface area contributed by atoms with Crippen molar-refractivity contribution in [1.29, 1.82) is 0 Å². The van der Waals surface area contributed by atoms with Crippen LogP contribution in [0, 0.1) is 0 Å². The molecule has 0 aliphatic rings. The van der Waals surface area contributed by atoms with Crippen LogP contribution in [0.4, 0.5) is 0 Å². The van der Waals surface area contributed by atoms with E-state index in [0.717, 1.165) is 22.3 Å². The fraction of sp³-hybridized carbons (Fsp3) is 0.200. The van der Waals surface area contributed by atoms with E-state index in [1.807, 2.05) is 41.0 Å². The second-order valence-corrected chi connectivity index (χ2v) is 6.05. The molecule has 0 aliphatic heterocycles. The van der Waals surface area contributed by atoms with E-state index in [9.17, 15) is 0 Å². The molecule has 2 heterocycles. The molecule has 0 radical (unpaired) electrons. The van der Waals surface area contributed by atoms with Crippen LogP contribution < -0.4 is 0 Å². The molecule has 0 fully saturated rings. The Morgan fingerprint density at radius 2 is 2.00 bits per heavy atom. The average Bonchev–Trinajstić information content (AvgIpc) is 3.17. The summed E-state index contributed by atoms with van der Waals surface area (Å²) in [5.41, 5.74) is 0.930. The Kier molecular flexibility index (Phi) is 4.82. The SMILES string of the molecule is OCCSc1nnc(-c2ccc(Cl)cc2)n1Cc1ccco1. The smallest absolute Gasteiger partial charge is 0.192 e. The molecular weight excluding hydrogens is 322 g/mol. The van der Waals surface area contributed by atoms with Crippen molar-refractivity contribution in [2.45, 2.75) is 11.7 Å². The van der Waals surface area contributed by atoms with Gasteiger partial charge in [0.25, 0.3) is 0 Å². The van der Waals surface area contributed by atoms with Crippen molar-refractivity contribution in [3.05, 3.63) is 53.4 Å². The number of benzene rings is 1. The maximum Gasteiger partial charge on any atom is 0.192 e. The molecule has 5 nitrogen and oxygen atoms in total. The Bertz CT molecular complexity index is 726. The minimum Gasteiger partial charge on any atom is -0.467 e. The van der Waals surface area contributed by atoms with Gasteiger partial charge in [0, 0.05) is 16.3 Å². The highest BCUT2D eigenvalue weighted by molar-refractivity contribution is 7.99. The van der Waals surface area contributed by atoms with Crippen LogP contribution in [0.2, 0.25) is 5.02 Å². The van der Waals surface area contributed by atoms with Gasteiger partial charge in [-0.05, 0) is 36.4 Å². The molecule has 0 amide bonds. The number of hydrogen-bond acceptors (Lipinski definition) is 5. The van der Waals surface area contributed by atoms with Crippen molar-refractivity contribution >= 4 is 23.4 Å². The molecule has 3 rings (SSSR count). The fourth-order valence-corrected chi connectivity index (χ4v) is 2.85. The van der Waals surface area contributed by atoms with Gasteiger partial charge in [0.1, 0.15) is 5.76 Å². The number of aromatic nitrogens is 3. The predicted octanol–water partition coefficient (Wildman–Crippen LogP) is 3.32. The molecule has 0 atom stereocenters. The largest absolute Gasteiger partial charge is 0.467 e. The lowest BCUT2D eigenvalue weighted by molar-refractivity contribution is 0.322. The van der Waals surface area contributed by atoms with E-state index in [1.165, 1.54) is 11.8 Å². The molecular formula is C15H14ClN3O2S. The van der Waals surface area contributed by atoms with Crippen molar-refractivity contribution < 1.29 is 9.52 Å². The third kappa shape index (κ3) is 3.35. The molecule has 3 aromatic rings. The van der Waals surface area contributed by atoms with Gasteiger partial charge in [-0.3, -0.25) is 4.57 Å². The zero-order chi connectivity index (χ0) is 15.4. The topological polar surface area (TPSA) is 64.1 Å². The Morgan fingerprint density at radius 3 is 2.68 bits per heavy atom. The van der Waals surface area contributed by atoms with Crippen LogP contribution in [-0.4, -0.2) is 32.2 Å². The van der Waals surface area contributed by atoms with Gasteiger partial charge in [-0.25, -0.2) is 0 Å². The second kappa shape index (κ2) is 7.00. The van der Waals surface area contributed by atoms with E-state index in [4.69, 9.17) is 21.1 Å². The van der Waals surface area contributed by atoms with Crippen molar-refractivity contribution in [2.75, 3.05) is 12.4 Å². The van der Waals surface area contributed by atoms with Crippen LogP contribution in [0.5, 0.6) is 0 Å². The quantitative estimate of drug-likeness (QED) is 0.700. The number of halogens is 1. The van der Waals surface area contributed by atoms with Gasteiger partial charge in [0.15, 0.2) is 11.0 Å². The first-order valence-corrected chi connectivity index (χ1v) is 8.09. The van der Waals surface area contributed by atoms with Crippen molar-refractivity contribution in [3.8, 4) is 11.4 Å². The highest BCUT2D eigenvalue weighted by Crippen LogP contribution is 2.26. The average molecular weight is 336 g/mol. The van der Waals surface area contributed by atoms with Gasteiger partial charge >= 0.3 is 0 Å². The molecule has 0 aliphatic carbocycles. The minimum absolute atomic E-state index is 0.0918. The summed E-state index contributed by atoms with van der Waals surface area (Å²) in [4.78, 5) is 0. The first-order valence-electron chi connectivity index (χ1n) is 6.73. The minimum atomic E-state index is 0.0918. The molecule has 114 valence electrons. The molecule has 7 heteroatoms. The Balaban J connectivity index is 1.97. The van der Waals surface area contributed by atoms with Gasteiger partial charge < -0.3 is 9.52 Å². The van der Waals surface area contributed by atoms with Crippen molar-refractivity contribution in [3.63, 3.8) is 0 Å². The summed E-state index contributed by atoms with van der Waals surface area (Å²) < 4.78 is 7.39. The van der Waals surface area contributed by atoms with Gasteiger partial charge in [-0.15, -0.1) is 10.2 Å². The van der Waals surface area contributed by atoms with E-state index < -0.39 is 0 Å². The lowest BCUT2D eigenvalue weighted by atomic mass is 10.2. The second-order valence-electron chi connectivity index (χ2n) is 4.55. The summed E-state index contributed by atoms with van der Waals surface area (Å²) in [7, 11) is 0. The van der Waals surface area contributed by atoms with Crippen LogP contribution in [-0.2, 0) is 6.54 Å². The van der Waals surface area contributed by atoms with E-state index in [2.05, 4.69) is 10.2 Å². The number of thioether (sulfide) groups is 1. The van der Waals surface area contributed by atoms with Gasteiger partial charge in [0.05, 0.1) is 19.4 Å². The third-order valence-electron chi connectivity index (χ3n) is 3.04. The molecule has 0 spiro atoms. The van der Waals surface area contributed by atoms with E-state index >= 15 is 0 Å². The van der Waals surface area contributed by atoms with Crippen LogP contribution in [0.25, 0.3) is 11.4 Å². The Morgan fingerprint density at radius 1 is 1.18 bits per heavy atom. The number of nitrogens with zero attached hydrogens (tertiary/aromatic N) is 3. The highest BCUT2D eigenvalue weighted by atomic mass is 35.5.